The fourth-order valence-electron chi connectivity index (χ4n) is 2.54. The van der Waals surface area contributed by atoms with E-state index < -0.39 is 5.97 Å². The summed E-state index contributed by atoms with van der Waals surface area (Å²) in [5.41, 5.74) is -0.0779. The molecule has 120 valence electrons. The predicted molar refractivity (Wildman–Crippen MR) is 77.5 cm³/mol. The van der Waals surface area contributed by atoms with E-state index in [4.69, 9.17) is 9.84 Å². The first-order chi connectivity index (χ1) is 10.6. The van der Waals surface area contributed by atoms with E-state index in [-0.39, 0.29) is 24.4 Å². The standard InChI is InChI=1S/C14H20N4O4/c1-2-9-22-14(21)18-7-4-3-5-11(18)6-8-17-10-12(13(19)20)15-16-17/h2,10-11H,1,3-9H2,(H,19,20). The van der Waals surface area contributed by atoms with Gasteiger partial charge in [-0.25, -0.2) is 9.59 Å². The van der Waals surface area contributed by atoms with Gasteiger partial charge in [0.2, 0.25) is 0 Å². The first kappa shape index (κ1) is 16.0. The molecular formula is C14H20N4O4. The molecule has 22 heavy (non-hydrogen) atoms. The smallest absolute Gasteiger partial charge is 0.410 e. The summed E-state index contributed by atoms with van der Waals surface area (Å²) < 4.78 is 6.60. The van der Waals surface area contributed by atoms with Gasteiger partial charge < -0.3 is 14.7 Å². The summed E-state index contributed by atoms with van der Waals surface area (Å²) in [4.78, 5) is 24.5. The second-order valence-corrected chi connectivity index (χ2v) is 5.17. The van der Waals surface area contributed by atoms with Gasteiger partial charge in [0, 0.05) is 19.1 Å². The van der Waals surface area contributed by atoms with Crippen LogP contribution in [-0.2, 0) is 11.3 Å². The lowest BCUT2D eigenvalue weighted by Gasteiger charge is -2.34. The summed E-state index contributed by atoms with van der Waals surface area (Å²) in [5.74, 6) is -1.10. The molecule has 0 saturated carbocycles. The van der Waals surface area contributed by atoms with Crippen molar-refractivity contribution in [3.63, 3.8) is 0 Å². The molecule has 1 atom stereocenters. The monoisotopic (exact) mass is 308 g/mol. The average molecular weight is 308 g/mol. The Labute approximate surface area is 128 Å². The molecule has 0 spiro atoms. The zero-order valence-electron chi connectivity index (χ0n) is 12.3. The van der Waals surface area contributed by atoms with Gasteiger partial charge in [-0.1, -0.05) is 17.9 Å². The molecule has 1 aliphatic heterocycles. The number of carbonyl (C=O) groups is 2. The minimum absolute atomic E-state index is 0.0727. The minimum atomic E-state index is -1.10. The Balaban J connectivity index is 1.91. The van der Waals surface area contributed by atoms with Gasteiger partial charge in [-0.15, -0.1) is 5.10 Å². The summed E-state index contributed by atoms with van der Waals surface area (Å²) in [5, 5.41) is 16.2. The fourth-order valence-corrected chi connectivity index (χ4v) is 2.54. The maximum atomic E-state index is 12.0. The lowest BCUT2D eigenvalue weighted by atomic mass is 10.00. The normalized spacial score (nSPS) is 18.0. The Morgan fingerprint density at radius 3 is 3.00 bits per heavy atom. The number of carboxylic acids is 1. The molecule has 0 bridgehead atoms. The third-order valence-corrected chi connectivity index (χ3v) is 3.64. The van der Waals surface area contributed by atoms with Crippen molar-refractivity contribution in [3.05, 3.63) is 24.5 Å². The van der Waals surface area contributed by atoms with Crippen molar-refractivity contribution in [3.8, 4) is 0 Å². The second-order valence-electron chi connectivity index (χ2n) is 5.17. The van der Waals surface area contributed by atoms with Crippen LogP contribution in [0.3, 0.4) is 0 Å². The van der Waals surface area contributed by atoms with Crippen molar-refractivity contribution in [2.75, 3.05) is 13.2 Å². The number of rotatable bonds is 6. The zero-order valence-corrected chi connectivity index (χ0v) is 12.3. The third kappa shape index (κ3) is 4.06. The fraction of sp³-hybridized carbons (Fsp3) is 0.571. The zero-order chi connectivity index (χ0) is 15.9. The summed E-state index contributed by atoms with van der Waals surface area (Å²) in [7, 11) is 0. The number of hydrogen-bond donors (Lipinski definition) is 1. The Kier molecular flexibility index (Phi) is 5.51. The molecule has 1 saturated heterocycles. The van der Waals surface area contributed by atoms with Gasteiger partial charge >= 0.3 is 12.1 Å². The van der Waals surface area contributed by atoms with Crippen LogP contribution < -0.4 is 0 Å². The Morgan fingerprint density at radius 1 is 1.50 bits per heavy atom. The quantitative estimate of drug-likeness (QED) is 0.801. The SMILES string of the molecule is C=CCOC(=O)N1CCCCC1CCn1cc(C(=O)O)nn1. The molecule has 1 amide bonds. The maximum Gasteiger partial charge on any atom is 0.410 e. The van der Waals surface area contributed by atoms with Crippen LogP contribution in [0.15, 0.2) is 18.9 Å². The van der Waals surface area contributed by atoms with Crippen LogP contribution in [0.2, 0.25) is 0 Å². The van der Waals surface area contributed by atoms with E-state index in [2.05, 4.69) is 16.9 Å². The van der Waals surface area contributed by atoms with Crippen molar-refractivity contribution < 1.29 is 19.4 Å². The summed E-state index contributed by atoms with van der Waals surface area (Å²) >= 11 is 0. The second kappa shape index (κ2) is 7.58. The molecule has 1 aromatic heterocycles. The number of likely N-dealkylation sites (tertiary alicyclic amines) is 1. The van der Waals surface area contributed by atoms with E-state index in [0.717, 1.165) is 19.3 Å². The molecule has 8 nitrogen and oxygen atoms in total. The average Bonchev–Trinajstić information content (AvgIpc) is 3.00. The number of aryl methyl sites for hydroxylation is 1. The molecule has 0 aromatic carbocycles. The largest absolute Gasteiger partial charge is 0.476 e. The predicted octanol–water partition coefficient (Wildman–Crippen LogP) is 1.54. The first-order valence-electron chi connectivity index (χ1n) is 7.29. The van der Waals surface area contributed by atoms with Crippen molar-refractivity contribution >= 4 is 12.1 Å². The number of amides is 1. The third-order valence-electron chi connectivity index (χ3n) is 3.64. The molecule has 2 rings (SSSR count). The van der Waals surface area contributed by atoms with Crippen LogP contribution in [-0.4, -0.2) is 56.3 Å². The molecular weight excluding hydrogens is 288 g/mol. The molecule has 1 aliphatic rings. The summed E-state index contributed by atoms with van der Waals surface area (Å²) in [6, 6.07) is 0.0727. The number of hydrogen-bond acceptors (Lipinski definition) is 5. The number of carboxylic acid groups (broad SMARTS) is 1. The van der Waals surface area contributed by atoms with E-state index in [1.54, 1.807) is 11.0 Å². The van der Waals surface area contributed by atoms with Crippen LogP contribution in [0.1, 0.15) is 36.2 Å². The number of nitrogens with zero attached hydrogens (tertiary/aromatic N) is 4. The van der Waals surface area contributed by atoms with Crippen LogP contribution in [0.4, 0.5) is 4.79 Å². The Hall–Kier alpha value is -2.38. The molecule has 2 heterocycles. The Bertz CT molecular complexity index is 543. The first-order valence-corrected chi connectivity index (χ1v) is 7.29. The highest BCUT2D eigenvalue weighted by atomic mass is 16.6. The number of aromatic nitrogens is 3. The van der Waals surface area contributed by atoms with E-state index in [1.807, 2.05) is 0 Å². The molecule has 1 fully saturated rings. The lowest BCUT2D eigenvalue weighted by molar-refractivity contribution is 0.0690. The van der Waals surface area contributed by atoms with Crippen LogP contribution in [0.25, 0.3) is 0 Å². The van der Waals surface area contributed by atoms with E-state index in [9.17, 15) is 9.59 Å². The van der Waals surface area contributed by atoms with E-state index >= 15 is 0 Å². The number of ether oxygens (including phenoxy) is 1. The highest BCUT2D eigenvalue weighted by Gasteiger charge is 2.27. The van der Waals surface area contributed by atoms with Crippen LogP contribution in [0.5, 0.6) is 0 Å². The Morgan fingerprint density at radius 2 is 2.32 bits per heavy atom. The van der Waals surface area contributed by atoms with Crippen LogP contribution >= 0.6 is 0 Å². The molecule has 0 radical (unpaired) electrons. The lowest BCUT2D eigenvalue weighted by Crippen LogP contribution is -2.44. The van der Waals surface area contributed by atoms with Gasteiger partial charge in [0.05, 0.1) is 6.20 Å². The summed E-state index contributed by atoms with van der Waals surface area (Å²) in [6.07, 6.45) is 6.23. The van der Waals surface area contributed by atoms with Crippen molar-refractivity contribution in [1.82, 2.24) is 19.9 Å². The van der Waals surface area contributed by atoms with Crippen molar-refractivity contribution in [2.45, 2.75) is 38.3 Å². The molecule has 1 unspecified atom stereocenters. The molecule has 8 heteroatoms. The van der Waals surface area contributed by atoms with Crippen molar-refractivity contribution in [1.29, 1.82) is 0 Å². The van der Waals surface area contributed by atoms with Gasteiger partial charge in [-0.2, -0.15) is 0 Å². The van der Waals surface area contributed by atoms with Gasteiger partial charge in [-0.05, 0) is 25.7 Å². The van der Waals surface area contributed by atoms with Gasteiger partial charge in [0.25, 0.3) is 0 Å². The highest BCUT2D eigenvalue weighted by Crippen LogP contribution is 2.21. The van der Waals surface area contributed by atoms with Crippen molar-refractivity contribution in [2.24, 2.45) is 0 Å². The molecule has 1 N–H and O–H groups in total. The van der Waals surface area contributed by atoms with Gasteiger partial charge in [0.1, 0.15) is 6.61 Å². The van der Waals surface area contributed by atoms with E-state index in [0.29, 0.717) is 19.5 Å². The van der Waals surface area contributed by atoms with Gasteiger partial charge in [-0.3, -0.25) is 4.68 Å². The molecule has 1 aromatic rings. The number of carbonyl (C=O) groups excluding carboxylic acids is 1. The summed E-state index contributed by atoms with van der Waals surface area (Å²) in [6.45, 7) is 4.92. The van der Waals surface area contributed by atoms with Gasteiger partial charge in [0.15, 0.2) is 5.69 Å². The number of aromatic carboxylic acids is 1. The maximum absolute atomic E-state index is 12.0. The van der Waals surface area contributed by atoms with E-state index in [1.165, 1.54) is 10.9 Å². The topological polar surface area (TPSA) is 97.5 Å². The minimum Gasteiger partial charge on any atom is -0.476 e. The number of piperidine rings is 1. The highest BCUT2D eigenvalue weighted by molar-refractivity contribution is 5.84. The molecule has 0 aliphatic carbocycles. The van der Waals surface area contributed by atoms with Crippen LogP contribution in [0, 0.1) is 0 Å².